The molecule has 4 heterocycles. The van der Waals surface area contributed by atoms with Gasteiger partial charge in [-0.3, -0.25) is 4.79 Å². The van der Waals surface area contributed by atoms with E-state index in [9.17, 15) is 13.2 Å². The summed E-state index contributed by atoms with van der Waals surface area (Å²) in [5.41, 5.74) is 2.36. The van der Waals surface area contributed by atoms with Crippen molar-refractivity contribution >= 4 is 44.4 Å². The van der Waals surface area contributed by atoms with Gasteiger partial charge in [0.2, 0.25) is 5.91 Å². The molecular formula is C26H31ClN4O4S2. The van der Waals surface area contributed by atoms with Gasteiger partial charge in [-0.05, 0) is 62.6 Å². The lowest BCUT2D eigenvalue weighted by Gasteiger charge is -2.36. The molecule has 198 valence electrons. The van der Waals surface area contributed by atoms with Crippen LogP contribution in [0.25, 0.3) is 10.6 Å². The molecule has 5 rings (SSSR count). The Morgan fingerprint density at radius 3 is 2.62 bits per heavy atom. The largest absolute Gasteiger partial charge is 0.355 e. The third-order valence-electron chi connectivity index (χ3n) is 7.19. The second kappa shape index (κ2) is 10.4. The second-order valence-corrected chi connectivity index (χ2v) is 13.8. The number of piperidine rings is 1. The van der Waals surface area contributed by atoms with Gasteiger partial charge in [0, 0.05) is 49.6 Å². The summed E-state index contributed by atoms with van der Waals surface area (Å²) in [5.74, 6) is 0.575. The minimum Gasteiger partial charge on any atom is -0.355 e. The topological polar surface area (TPSA) is 95.8 Å². The Kier molecular flexibility index (Phi) is 7.37. The Morgan fingerprint density at radius 1 is 1.22 bits per heavy atom. The van der Waals surface area contributed by atoms with E-state index in [2.05, 4.69) is 29.2 Å². The molecule has 8 nitrogen and oxygen atoms in total. The number of likely N-dealkylation sites (tertiary alicyclic amines) is 1. The first kappa shape index (κ1) is 26.2. The molecule has 2 aromatic heterocycles. The van der Waals surface area contributed by atoms with Crippen molar-refractivity contribution in [2.24, 2.45) is 0 Å². The van der Waals surface area contributed by atoms with Crippen LogP contribution in [0.15, 0.2) is 45.8 Å². The predicted octanol–water partition coefficient (Wildman–Crippen LogP) is 4.38. The Bertz CT molecular complexity index is 1390. The number of thiophene rings is 1. The van der Waals surface area contributed by atoms with Crippen LogP contribution in [-0.4, -0.2) is 61.9 Å². The molecule has 1 amide bonds. The van der Waals surface area contributed by atoms with Crippen molar-refractivity contribution in [1.82, 2.24) is 15.4 Å². The number of fused-ring (bicyclic) bond motifs is 1. The van der Waals surface area contributed by atoms with Gasteiger partial charge in [-0.25, -0.2) is 8.42 Å². The first-order valence-corrected chi connectivity index (χ1v) is 15.5. The number of carbonyl (C=O) groups is 1. The maximum absolute atomic E-state index is 13.6. The van der Waals surface area contributed by atoms with Crippen LogP contribution in [0.1, 0.15) is 37.9 Å². The molecule has 2 aliphatic heterocycles. The molecule has 1 unspecified atom stereocenters. The number of nitrogens with zero attached hydrogens (tertiary/aromatic N) is 3. The summed E-state index contributed by atoms with van der Waals surface area (Å²) in [6.07, 6.45) is 3.46. The normalized spacial score (nSPS) is 18.9. The Hall–Kier alpha value is -2.40. The summed E-state index contributed by atoms with van der Waals surface area (Å²) in [6.45, 7) is 6.67. The molecule has 3 aromatic rings. The molecule has 1 saturated heterocycles. The van der Waals surface area contributed by atoms with Gasteiger partial charge in [0.05, 0.1) is 20.7 Å². The van der Waals surface area contributed by atoms with Crippen LogP contribution in [-0.2, 0) is 27.6 Å². The molecule has 0 bridgehead atoms. The maximum atomic E-state index is 13.6. The molecule has 1 fully saturated rings. The fourth-order valence-electron chi connectivity index (χ4n) is 5.13. The van der Waals surface area contributed by atoms with Crippen molar-refractivity contribution in [2.75, 3.05) is 24.2 Å². The average Bonchev–Trinajstić information content (AvgIpc) is 3.57. The lowest BCUT2D eigenvalue weighted by molar-refractivity contribution is -0.123. The molecule has 37 heavy (non-hydrogen) atoms. The molecule has 1 atom stereocenters. The molecular weight excluding hydrogens is 532 g/mol. The third kappa shape index (κ3) is 5.72. The van der Waals surface area contributed by atoms with Crippen LogP contribution < -0.4 is 10.2 Å². The minimum atomic E-state index is -3.36. The number of halogens is 1. The quantitative estimate of drug-likeness (QED) is 0.456. The van der Waals surface area contributed by atoms with Crippen molar-refractivity contribution in [2.45, 2.75) is 62.7 Å². The van der Waals surface area contributed by atoms with Crippen LogP contribution in [0.2, 0.25) is 4.34 Å². The van der Waals surface area contributed by atoms with E-state index in [1.807, 2.05) is 23.1 Å². The van der Waals surface area contributed by atoms with Gasteiger partial charge in [0.1, 0.15) is 11.7 Å². The first-order valence-electron chi connectivity index (χ1n) is 12.4. The van der Waals surface area contributed by atoms with Gasteiger partial charge in [0.25, 0.3) is 0 Å². The Labute approximate surface area is 226 Å². The van der Waals surface area contributed by atoms with E-state index >= 15 is 0 Å². The minimum absolute atomic E-state index is 0.0474. The highest BCUT2D eigenvalue weighted by molar-refractivity contribution is 7.90. The summed E-state index contributed by atoms with van der Waals surface area (Å²) >= 11 is 7.48. The SMILES string of the molecule is CC(C)N1CCC(NC(=O)C2Cc3cc(S(C)(=O)=O)ccc3N2Cc2cc(-c3ccc(Cl)s3)on2)CC1. The number of anilines is 1. The molecule has 0 radical (unpaired) electrons. The van der Waals surface area contributed by atoms with Crippen LogP contribution in [0.3, 0.4) is 0 Å². The lowest BCUT2D eigenvalue weighted by atomic mass is 10.0. The molecule has 11 heteroatoms. The molecule has 2 aliphatic rings. The number of hydrogen-bond donors (Lipinski definition) is 1. The molecule has 1 aromatic carbocycles. The van der Waals surface area contributed by atoms with Gasteiger partial charge >= 0.3 is 0 Å². The van der Waals surface area contributed by atoms with Crippen molar-refractivity contribution in [3.63, 3.8) is 0 Å². The smallest absolute Gasteiger partial charge is 0.243 e. The van der Waals surface area contributed by atoms with E-state index in [0.717, 1.165) is 42.1 Å². The van der Waals surface area contributed by atoms with Gasteiger partial charge < -0.3 is 19.6 Å². The summed E-state index contributed by atoms with van der Waals surface area (Å²) < 4.78 is 30.6. The number of sulfone groups is 1. The summed E-state index contributed by atoms with van der Waals surface area (Å²) in [5, 5.41) is 7.51. The summed E-state index contributed by atoms with van der Waals surface area (Å²) in [4.78, 5) is 19.1. The molecule has 0 spiro atoms. The Balaban J connectivity index is 1.37. The molecule has 0 saturated carbocycles. The fourth-order valence-corrected chi connectivity index (χ4v) is 6.80. The summed E-state index contributed by atoms with van der Waals surface area (Å²) in [7, 11) is -3.36. The zero-order valence-electron chi connectivity index (χ0n) is 21.1. The van der Waals surface area contributed by atoms with Crippen molar-refractivity contribution in [3.8, 4) is 10.6 Å². The van der Waals surface area contributed by atoms with Crippen molar-refractivity contribution in [3.05, 3.63) is 52.0 Å². The summed E-state index contributed by atoms with van der Waals surface area (Å²) in [6, 6.07) is 10.8. The van der Waals surface area contributed by atoms with Gasteiger partial charge in [-0.1, -0.05) is 16.8 Å². The number of rotatable bonds is 7. The standard InChI is InChI=1S/C26H31ClN4O4S2/c1-16(2)30-10-8-18(9-11-30)28-26(32)22-13-17-12-20(37(3,33)34)4-5-21(17)31(22)15-19-14-23(35-29-19)24-6-7-25(27)36-24/h4-7,12,14,16,18,22H,8-11,13,15H2,1-3H3,(H,28,32). The van der Waals surface area contributed by atoms with Crippen molar-refractivity contribution in [1.29, 1.82) is 0 Å². The number of nitrogens with one attached hydrogen (secondary N) is 1. The number of benzene rings is 1. The third-order valence-corrected chi connectivity index (χ3v) is 9.55. The van der Waals surface area contributed by atoms with E-state index < -0.39 is 15.9 Å². The number of amides is 1. The van der Waals surface area contributed by atoms with Gasteiger partial charge in [-0.15, -0.1) is 11.3 Å². The lowest BCUT2D eigenvalue weighted by Crippen LogP contribution is -2.52. The molecule has 0 aliphatic carbocycles. The fraction of sp³-hybridized carbons (Fsp3) is 0.462. The van der Waals surface area contributed by atoms with Gasteiger partial charge in [-0.2, -0.15) is 0 Å². The zero-order chi connectivity index (χ0) is 26.3. The number of carbonyl (C=O) groups excluding carboxylic acids is 1. The maximum Gasteiger partial charge on any atom is 0.243 e. The van der Waals surface area contributed by atoms with Crippen LogP contribution >= 0.6 is 22.9 Å². The van der Waals surface area contributed by atoms with Crippen LogP contribution in [0.5, 0.6) is 0 Å². The predicted molar refractivity (Wildman–Crippen MR) is 146 cm³/mol. The number of hydrogen-bond acceptors (Lipinski definition) is 8. The highest BCUT2D eigenvalue weighted by Crippen LogP contribution is 2.37. The highest BCUT2D eigenvalue weighted by Gasteiger charge is 2.37. The van der Waals surface area contributed by atoms with Crippen LogP contribution in [0, 0.1) is 0 Å². The van der Waals surface area contributed by atoms with E-state index in [1.54, 1.807) is 18.2 Å². The van der Waals surface area contributed by atoms with E-state index in [-0.39, 0.29) is 16.8 Å². The highest BCUT2D eigenvalue weighted by atomic mass is 35.5. The first-order chi connectivity index (χ1) is 17.6. The number of aromatic nitrogens is 1. The van der Waals surface area contributed by atoms with Gasteiger partial charge in [0.15, 0.2) is 15.6 Å². The van der Waals surface area contributed by atoms with Crippen molar-refractivity contribution < 1.29 is 17.7 Å². The monoisotopic (exact) mass is 562 g/mol. The van der Waals surface area contributed by atoms with E-state index in [0.29, 0.717) is 34.8 Å². The van der Waals surface area contributed by atoms with E-state index in [4.69, 9.17) is 16.1 Å². The zero-order valence-corrected chi connectivity index (χ0v) is 23.5. The Morgan fingerprint density at radius 2 is 1.97 bits per heavy atom. The average molecular weight is 563 g/mol. The van der Waals surface area contributed by atoms with Crippen LogP contribution in [0.4, 0.5) is 5.69 Å². The van der Waals surface area contributed by atoms with E-state index in [1.165, 1.54) is 17.6 Å². The second-order valence-electron chi connectivity index (χ2n) is 10.1. The molecule has 1 N–H and O–H groups in total.